The van der Waals surface area contributed by atoms with Gasteiger partial charge in [0.25, 0.3) is 5.91 Å². The van der Waals surface area contributed by atoms with Crippen molar-refractivity contribution in [3.63, 3.8) is 0 Å². The van der Waals surface area contributed by atoms with E-state index in [0.29, 0.717) is 15.9 Å². The van der Waals surface area contributed by atoms with Crippen molar-refractivity contribution in [3.05, 3.63) is 53.6 Å². The summed E-state index contributed by atoms with van der Waals surface area (Å²) in [6, 6.07) is 13.8. The lowest BCUT2D eigenvalue weighted by atomic mass is 9.66. The quantitative estimate of drug-likeness (QED) is 0.469. The number of carbonyl (C=O) groups is 1. The van der Waals surface area contributed by atoms with Crippen LogP contribution >= 0.6 is 23.7 Å². The van der Waals surface area contributed by atoms with Crippen LogP contribution in [0, 0.1) is 5.41 Å². The number of fused-ring (bicyclic) bond motifs is 2. The molecule has 3 fully saturated rings. The lowest BCUT2D eigenvalue weighted by Gasteiger charge is -2.38. The Labute approximate surface area is 219 Å². The second-order valence-corrected chi connectivity index (χ2v) is 14.0. The van der Waals surface area contributed by atoms with Gasteiger partial charge in [0.2, 0.25) is 0 Å². The fourth-order valence-electron chi connectivity index (χ4n) is 6.05. The van der Waals surface area contributed by atoms with E-state index in [9.17, 15) is 9.00 Å². The predicted octanol–water partition coefficient (Wildman–Crippen LogP) is 5.75. The van der Waals surface area contributed by atoms with Gasteiger partial charge < -0.3 is 9.62 Å². The molecule has 1 amide bonds. The summed E-state index contributed by atoms with van der Waals surface area (Å²) in [6.45, 7) is 2.84. The van der Waals surface area contributed by atoms with E-state index in [1.165, 1.54) is 31.2 Å². The van der Waals surface area contributed by atoms with Crippen LogP contribution in [0.1, 0.15) is 61.4 Å². The van der Waals surface area contributed by atoms with Gasteiger partial charge in [0.1, 0.15) is 11.0 Å². The maximum atomic E-state index is 13.9. The molecule has 1 unspecified atom stereocenters. The van der Waals surface area contributed by atoms with Crippen LogP contribution in [0.4, 0.5) is 11.4 Å². The van der Waals surface area contributed by atoms with Crippen molar-refractivity contribution >= 4 is 52.0 Å². The van der Waals surface area contributed by atoms with Crippen molar-refractivity contribution in [1.29, 1.82) is 0 Å². The minimum Gasteiger partial charge on any atom is -0.330 e. The number of nitrogens with zero attached hydrogens (tertiary/aromatic N) is 1. The zero-order valence-electron chi connectivity index (χ0n) is 20.4. The molecule has 35 heavy (non-hydrogen) atoms. The van der Waals surface area contributed by atoms with Crippen LogP contribution in [0.5, 0.6) is 0 Å². The maximum absolute atomic E-state index is 13.9. The lowest BCUT2D eigenvalue weighted by molar-refractivity contribution is 0.0980. The van der Waals surface area contributed by atoms with Gasteiger partial charge in [-0.1, -0.05) is 18.0 Å². The summed E-state index contributed by atoms with van der Waals surface area (Å²) < 4.78 is 19.7. The van der Waals surface area contributed by atoms with Gasteiger partial charge in [-0.15, -0.1) is 0 Å². The summed E-state index contributed by atoms with van der Waals surface area (Å²) in [5.41, 5.74) is 4.59. The molecule has 2 heterocycles. The highest BCUT2D eigenvalue weighted by Crippen LogP contribution is 2.62. The van der Waals surface area contributed by atoms with Gasteiger partial charge in [-0.25, -0.2) is 8.93 Å². The molecule has 1 saturated heterocycles. The number of nitrogens with one attached hydrogen (secondary N) is 2. The van der Waals surface area contributed by atoms with Crippen molar-refractivity contribution in [2.75, 3.05) is 33.9 Å². The molecular weight excluding hydrogens is 495 g/mol. The molecular formula is C27H33N3O2S3. The molecule has 0 bridgehead atoms. The first-order valence-electron chi connectivity index (χ1n) is 12.5. The zero-order chi connectivity index (χ0) is 24.3. The Morgan fingerprint density at radius 3 is 2.46 bits per heavy atom. The van der Waals surface area contributed by atoms with Crippen LogP contribution in [-0.4, -0.2) is 40.0 Å². The molecule has 4 aliphatic rings. The third-order valence-corrected chi connectivity index (χ3v) is 12.0. The van der Waals surface area contributed by atoms with Crippen LogP contribution in [0.25, 0.3) is 0 Å². The van der Waals surface area contributed by atoms with Gasteiger partial charge in [-0.3, -0.25) is 4.79 Å². The Hall–Kier alpha value is -1.48. The third-order valence-electron chi connectivity index (χ3n) is 8.48. The predicted molar refractivity (Wildman–Crippen MR) is 149 cm³/mol. The van der Waals surface area contributed by atoms with E-state index in [1.807, 2.05) is 47.2 Å². The van der Waals surface area contributed by atoms with Gasteiger partial charge in [0.15, 0.2) is 0 Å². The molecule has 2 spiro atoms. The molecule has 8 heteroatoms. The topological polar surface area (TPSA) is 61.4 Å². The van der Waals surface area contributed by atoms with Gasteiger partial charge in [-0.05, 0) is 92.8 Å². The first-order chi connectivity index (χ1) is 16.8. The van der Waals surface area contributed by atoms with Crippen LogP contribution in [0.15, 0.2) is 47.4 Å². The smallest absolute Gasteiger partial charge is 0.258 e. The van der Waals surface area contributed by atoms with E-state index in [1.54, 1.807) is 11.9 Å². The van der Waals surface area contributed by atoms with Gasteiger partial charge in [0.05, 0.1) is 4.90 Å². The number of thioether (sulfide) groups is 1. The second kappa shape index (κ2) is 8.82. The first kappa shape index (κ1) is 23.9. The Kier molecular flexibility index (Phi) is 6.02. The molecule has 5 nitrogen and oxygen atoms in total. The van der Waals surface area contributed by atoms with Crippen molar-refractivity contribution in [1.82, 2.24) is 4.72 Å². The van der Waals surface area contributed by atoms with E-state index in [2.05, 4.69) is 34.6 Å². The number of carbonyl (C=O) groups excluding carboxylic acids is 1. The summed E-state index contributed by atoms with van der Waals surface area (Å²) >= 11 is 3.45. The summed E-state index contributed by atoms with van der Waals surface area (Å²) in [5.74, 6) is 1.92. The van der Waals surface area contributed by atoms with Crippen LogP contribution in [0.3, 0.4) is 0 Å². The largest absolute Gasteiger partial charge is 0.330 e. The Morgan fingerprint density at radius 2 is 1.80 bits per heavy atom. The van der Waals surface area contributed by atoms with Gasteiger partial charge in [0, 0.05) is 52.2 Å². The highest BCUT2D eigenvalue weighted by atomic mass is 32.2. The fourth-order valence-corrected chi connectivity index (χ4v) is 8.70. The number of anilines is 2. The van der Waals surface area contributed by atoms with E-state index >= 15 is 0 Å². The van der Waals surface area contributed by atoms with Crippen LogP contribution in [0.2, 0.25) is 0 Å². The summed E-state index contributed by atoms with van der Waals surface area (Å²) in [5, 5.41) is 0. The molecule has 2 aliphatic carbocycles. The number of rotatable bonds is 6. The molecule has 2 aromatic rings. The average molecular weight is 528 g/mol. The highest BCUT2D eigenvalue weighted by Gasteiger charge is 2.53. The van der Waals surface area contributed by atoms with Crippen molar-refractivity contribution in [2.45, 2.75) is 61.3 Å². The average Bonchev–Trinajstić information content (AvgIpc) is 3.55. The number of benzene rings is 2. The first-order valence-corrected chi connectivity index (χ1v) is 16.0. The molecule has 2 N–H and O–H groups in total. The van der Waals surface area contributed by atoms with E-state index < -0.39 is 11.0 Å². The Balaban J connectivity index is 1.29. The summed E-state index contributed by atoms with van der Waals surface area (Å²) in [7, 11) is -1.34. The van der Waals surface area contributed by atoms with Crippen molar-refractivity contribution < 1.29 is 9.00 Å². The molecule has 2 saturated carbocycles. The normalized spacial score (nSPS) is 23.5. The molecule has 186 valence electrons. The number of hydrogen-bond acceptors (Lipinski definition) is 5. The Morgan fingerprint density at radius 1 is 1.06 bits per heavy atom. The number of amides is 1. The van der Waals surface area contributed by atoms with Gasteiger partial charge in [-0.2, -0.15) is 11.8 Å². The van der Waals surface area contributed by atoms with Gasteiger partial charge >= 0.3 is 0 Å². The van der Waals surface area contributed by atoms with Crippen LogP contribution in [-0.2, 0) is 16.4 Å². The zero-order valence-corrected chi connectivity index (χ0v) is 22.8. The SMILES string of the molecule is CSNc1ccc2c(c1)C1(CCC3(CC3)CC1)CN2C(=O)c1cccc(S(=O)NC2(C)CSC2)c1. The van der Waals surface area contributed by atoms with Crippen molar-refractivity contribution in [3.8, 4) is 0 Å². The molecule has 0 aromatic heterocycles. The third kappa shape index (κ3) is 4.34. The van der Waals surface area contributed by atoms with E-state index in [4.69, 9.17) is 0 Å². The lowest BCUT2D eigenvalue weighted by Crippen LogP contribution is -2.53. The van der Waals surface area contributed by atoms with Crippen LogP contribution < -0.4 is 14.3 Å². The minimum absolute atomic E-state index is 0.00432. The molecule has 6 rings (SSSR count). The Bertz CT molecular complexity index is 1180. The summed E-state index contributed by atoms with van der Waals surface area (Å²) in [4.78, 5) is 16.5. The molecule has 2 aliphatic heterocycles. The van der Waals surface area contributed by atoms with Crippen molar-refractivity contribution in [2.24, 2.45) is 5.41 Å². The highest BCUT2D eigenvalue weighted by molar-refractivity contribution is 8.01. The second-order valence-electron chi connectivity index (χ2n) is 11.2. The molecule has 0 radical (unpaired) electrons. The molecule has 2 aromatic carbocycles. The minimum atomic E-state index is -1.34. The monoisotopic (exact) mass is 527 g/mol. The summed E-state index contributed by atoms with van der Waals surface area (Å²) in [6.07, 6.45) is 9.63. The van der Waals surface area contributed by atoms with E-state index in [0.717, 1.165) is 42.3 Å². The fraction of sp³-hybridized carbons (Fsp3) is 0.519. The molecule has 1 atom stereocenters. The number of hydrogen-bond donors (Lipinski definition) is 2. The maximum Gasteiger partial charge on any atom is 0.258 e. The van der Waals surface area contributed by atoms with E-state index in [-0.39, 0.29) is 16.9 Å². The standard InChI is InChI=1S/C27H33N3O2S3/c1-25(17-34-18-25)29-35(32)21-5-3-4-19(14-21)24(31)30-16-27(12-10-26(8-9-26)11-13-27)22-15-20(28-33-2)6-7-23(22)30/h3-7,14-15,28-29H,8-13,16-18H2,1-2H3.